The first-order chi connectivity index (χ1) is 10.1. The summed E-state index contributed by atoms with van der Waals surface area (Å²) in [6.45, 7) is 7.19. The van der Waals surface area contributed by atoms with Gasteiger partial charge >= 0.3 is 5.97 Å². The van der Waals surface area contributed by atoms with Gasteiger partial charge in [-0.2, -0.15) is 0 Å². The molecule has 0 saturated heterocycles. The monoisotopic (exact) mass is 309 g/mol. The van der Waals surface area contributed by atoms with Crippen LogP contribution in [0.3, 0.4) is 0 Å². The van der Waals surface area contributed by atoms with Gasteiger partial charge in [0.15, 0.2) is 0 Å². The summed E-state index contributed by atoms with van der Waals surface area (Å²) in [5, 5.41) is -0.252. The first kappa shape index (κ1) is 17.6. The number of carbonyl (C=O) groups excluding carboxylic acids is 2. The number of rotatable bonds is 8. The predicted molar refractivity (Wildman–Crippen MR) is 86.1 cm³/mol. The maximum atomic E-state index is 12.4. The molecule has 1 aromatic rings. The molecule has 116 valence electrons. The Balaban J connectivity index is 2.51. The molecule has 0 spiro atoms. The van der Waals surface area contributed by atoms with Crippen molar-refractivity contribution in [2.75, 3.05) is 18.9 Å². The second-order valence-electron chi connectivity index (χ2n) is 4.60. The largest absolute Gasteiger partial charge is 0.465 e. The van der Waals surface area contributed by atoms with Crippen molar-refractivity contribution in [2.45, 2.75) is 32.6 Å². The molecule has 0 bridgehead atoms. The highest BCUT2D eigenvalue weighted by molar-refractivity contribution is 8.01. The van der Waals surface area contributed by atoms with Crippen LogP contribution in [-0.4, -0.2) is 40.9 Å². The summed E-state index contributed by atoms with van der Waals surface area (Å²) >= 11 is 1.32. The minimum atomic E-state index is -0.270. The number of thioether (sulfide) groups is 1. The van der Waals surface area contributed by atoms with Crippen LogP contribution in [0.2, 0.25) is 0 Å². The summed E-state index contributed by atoms with van der Waals surface area (Å²) in [7, 11) is 0. The van der Waals surface area contributed by atoms with E-state index >= 15 is 0 Å². The average molecular weight is 309 g/mol. The van der Waals surface area contributed by atoms with Gasteiger partial charge in [-0.15, -0.1) is 11.8 Å². The van der Waals surface area contributed by atoms with Crippen molar-refractivity contribution in [2.24, 2.45) is 0 Å². The molecule has 0 aromatic heterocycles. The van der Waals surface area contributed by atoms with Gasteiger partial charge in [-0.3, -0.25) is 9.59 Å². The molecule has 0 saturated carbocycles. The molecule has 4 nitrogen and oxygen atoms in total. The number of carbonyl (C=O) groups is 2. The molecule has 0 aliphatic rings. The normalized spacial score (nSPS) is 11.8. The van der Waals surface area contributed by atoms with E-state index < -0.39 is 0 Å². The van der Waals surface area contributed by atoms with Crippen LogP contribution >= 0.6 is 11.8 Å². The van der Waals surface area contributed by atoms with Crippen molar-refractivity contribution in [3.05, 3.63) is 35.9 Å². The minimum absolute atomic E-state index is 0.0515. The number of amides is 1. The van der Waals surface area contributed by atoms with Crippen LogP contribution in [0.25, 0.3) is 0 Å². The van der Waals surface area contributed by atoms with Crippen LogP contribution in [-0.2, 0) is 20.9 Å². The molecule has 0 aliphatic carbocycles. The van der Waals surface area contributed by atoms with Gasteiger partial charge in [0.1, 0.15) is 0 Å². The number of esters is 1. The highest BCUT2D eigenvalue weighted by Crippen LogP contribution is 2.15. The zero-order valence-electron chi connectivity index (χ0n) is 12.9. The number of benzene rings is 1. The van der Waals surface area contributed by atoms with Gasteiger partial charge in [-0.1, -0.05) is 30.3 Å². The van der Waals surface area contributed by atoms with Gasteiger partial charge in [-0.05, 0) is 26.3 Å². The third-order valence-corrected chi connectivity index (χ3v) is 4.12. The fourth-order valence-electron chi connectivity index (χ4n) is 1.87. The van der Waals surface area contributed by atoms with Gasteiger partial charge in [-0.25, -0.2) is 0 Å². The summed E-state index contributed by atoms with van der Waals surface area (Å²) in [5.41, 5.74) is 1.11. The zero-order valence-corrected chi connectivity index (χ0v) is 13.7. The molecule has 0 N–H and O–H groups in total. The third kappa shape index (κ3) is 6.21. The summed E-state index contributed by atoms with van der Waals surface area (Å²) in [4.78, 5) is 25.5. The highest BCUT2D eigenvalue weighted by atomic mass is 32.2. The second-order valence-corrected chi connectivity index (χ2v) is 5.93. The number of nitrogens with zero attached hydrogens (tertiary/aromatic N) is 1. The Morgan fingerprint density at radius 3 is 2.48 bits per heavy atom. The van der Waals surface area contributed by atoms with Gasteiger partial charge in [0.2, 0.25) is 5.91 Å². The predicted octanol–water partition coefficient (Wildman–Crippen LogP) is 2.72. The van der Waals surface area contributed by atoms with E-state index in [1.165, 1.54) is 11.8 Å². The lowest BCUT2D eigenvalue weighted by molar-refractivity contribution is -0.139. The van der Waals surface area contributed by atoms with E-state index in [0.717, 1.165) is 5.56 Å². The van der Waals surface area contributed by atoms with E-state index in [2.05, 4.69) is 0 Å². The fraction of sp³-hybridized carbons (Fsp3) is 0.500. The SMILES string of the molecule is CCOC(=O)CSC(C)C(=O)N(CC)Cc1ccccc1. The molecule has 1 aromatic carbocycles. The molecule has 1 atom stereocenters. The van der Waals surface area contributed by atoms with Crippen molar-refractivity contribution >= 4 is 23.6 Å². The standard InChI is InChI=1S/C16H23NO3S/c1-4-17(11-14-9-7-6-8-10-14)16(19)13(3)21-12-15(18)20-5-2/h6-10,13H,4-5,11-12H2,1-3H3. The summed E-state index contributed by atoms with van der Waals surface area (Å²) in [6, 6.07) is 9.90. The maximum absolute atomic E-state index is 12.4. The molecule has 21 heavy (non-hydrogen) atoms. The van der Waals surface area contributed by atoms with E-state index in [-0.39, 0.29) is 22.9 Å². The second kappa shape index (κ2) is 9.45. The summed E-state index contributed by atoms with van der Waals surface area (Å²) in [5.74, 6) is -0.00666. The Morgan fingerprint density at radius 1 is 1.24 bits per heavy atom. The lowest BCUT2D eigenvalue weighted by Gasteiger charge is -2.24. The van der Waals surface area contributed by atoms with Gasteiger partial charge in [0.25, 0.3) is 0 Å². The molecule has 1 rings (SSSR count). The summed E-state index contributed by atoms with van der Waals surface area (Å²) in [6.07, 6.45) is 0. The Morgan fingerprint density at radius 2 is 1.90 bits per heavy atom. The first-order valence-corrected chi connectivity index (χ1v) is 8.23. The lowest BCUT2D eigenvalue weighted by atomic mass is 10.2. The average Bonchev–Trinajstić information content (AvgIpc) is 2.51. The Kier molecular flexibility index (Phi) is 7.90. The number of hydrogen-bond acceptors (Lipinski definition) is 4. The van der Waals surface area contributed by atoms with Crippen molar-refractivity contribution < 1.29 is 14.3 Å². The first-order valence-electron chi connectivity index (χ1n) is 7.18. The lowest BCUT2D eigenvalue weighted by Crippen LogP contribution is -2.36. The van der Waals surface area contributed by atoms with Crippen LogP contribution in [0, 0.1) is 0 Å². The number of ether oxygens (including phenoxy) is 1. The molecule has 0 aliphatic heterocycles. The van der Waals surface area contributed by atoms with Crippen molar-refractivity contribution in [1.29, 1.82) is 0 Å². The molecule has 1 unspecified atom stereocenters. The molecule has 0 radical (unpaired) electrons. The van der Waals surface area contributed by atoms with Gasteiger partial charge in [0.05, 0.1) is 17.6 Å². The van der Waals surface area contributed by atoms with Crippen LogP contribution < -0.4 is 0 Å². The van der Waals surface area contributed by atoms with Crippen molar-refractivity contribution in [3.8, 4) is 0 Å². The van der Waals surface area contributed by atoms with Crippen LogP contribution in [0.1, 0.15) is 26.3 Å². The maximum Gasteiger partial charge on any atom is 0.315 e. The Bertz CT molecular complexity index is 450. The minimum Gasteiger partial charge on any atom is -0.465 e. The van der Waals surface area contributed by atoms with Gasteiger partial charge in [0, 0.05) is 13.1 Å². The summed E-state index contributed by atoms with van der Waals surface area (Å²) < 4.78 is 4.87. The van der Waals surface area contributed by atoms with E-state index in [9.17, 15) is 9.59 Å². The van der Waals surface area contributed by atoms with E-state index in [0.29, 0.717) is 19.7 Å². The van der Waals surface area contributed by atoms with E-state index in [1.54, 1.807) is 11.8 Å². The van der Waals surface area contributed by atoms with Crippen LogP contribution in [0.15, 0.2) is 30.3 Å². The Labute approximate surface area is 130 Å². The smallest absolute Gasteiger partial charge is 0.315 e. The highest BCUT2D eigenvalue weighted by Gasteiger charge is 2.21. The van der Waals surface area contributed by atoms with Crippen LogP contribution in [0.5, 0.6) is 0 Å². The third-order valence-electron chi connectivity index (χ3n) is 3.01. The van der Waals surface area contributed by atoms with Crippen LogP contribution in [0.4, 0.5) is 0 Å². The molecule has 0 heterocycles. The molecular formula is C16H23NO3S. The molecule has 0 fully saturated rings. The Hall–Kier alpha value is -1.49. The van der Waals surface area contributed by atoms with Gasteiger partial charge < -0.3 is 9.64 Å². The molecule has 5 heteroatoms. The van der Waals surface area contributed by atoms with Crippen molar-refractivity contribution in [1.82, 2.24) is 4.90 Å². The zero-order chi connectivity index (χ0) is 15.7. The molecular weight excluding hydrogens is 286 g/mol. The van der Waals surface area contributed by atoms with E-state index in [1.807, 2.05) is 44.2 Å². The fourth-order valence-corrected chi connectivity index (χ4v) is 2.63. The topological polar surface area (TPSA) is 46.6 Å². The van der Waals surface area contributed by atoms with E-state index in [4.69, 9.17) is 4.74 Å². The molecule has 1 amide bonds. The number of hydrogen-bond donors (Lipinski definition) is 0. The quantitative estimate of drug-likeness (QED) is 0.693. The van der Waals surface area contributed by atoms with Crippen molar-refractivity contribution in [3.63, 3.8) is 0 Å².